The van der Waals surface area contributed by atoms with Gasteiger partial charge >= 0.3 is 0 Å². The van der Waals surface area contributed by atoms with Crippen LogP contribution in [0.4, 0.5) is 5.95 Å². The van der Waals surface area contributed by atoms with Gasteiger partial charge in [0.15, 0.2) is 11.2 Å². The first-order chi connectivity index (χ1) is 9.06. The smallest absolute Gasteiger partial charge is 0.279 e. The second kappa shape index (κ2) is 5.40. The molecule has 7 nitrogen and oxygen atoms in total. The third-order valence-corrected chi connectivity index (χ3v) is 2.96. The Hall–Kier alpha value is -1.89. The second-order valence-electron chi connectivity index (χ2n) is 4.64. The lowest BCUT2D eigenvalue weighted by Gasteiger charge is -2.08. The SMILES string of the molecule is COCCNc1nc2ncn(C(C)C)c(=O)c2n1C. The van der Waals surface area contributed by atoms with E-state index in [0.717, 1.165) is 0 Å². The first-order valence-electron chi connectivity index (χ1n) is 6.22. The van der Waals surface area contributed by atoms with Crippen molar-refractivity contribution in [2.75, 3.05) is 25.6 Å². The van der Waals surface area contributed by atoms with Crippen molar-refractivity contribution in [2.45, 2.75) is 19.9 Å². The van der Waals surface area contributed by atoms with Gasteiger partial charge < -0.3 is 14.6 Å². The van der Waals surface area contributed by atoms with Gasteiger partial charge in [-0.05, 0) is 13.8 Å². The summed E-state index contributed by atoms with van der Waals surface area (Å²) in [5, 5.41) is 3.12. The Balaban J connectivity index is 2.46. The molecule has 104 valence electrons. The Morgan fingerprint density at radius 3 is 2.84 bits per heavy atom. The third-order valence-electron chi connectivity index (χ3n) is 2.96. The van der Waals surface area contributed by atoms with Gasteiger partial charge in [0, 0.05) is 26.7 Å². The van der Waals surface area contributed by atoms with Crippen molar-refractivity contribution in [3.63, 3.8) is 0 Å². The topological polar surface area (TPSA) is 74.0 Å². The fourth-order valence-electron chi connectivity index (χ4n) is 1.90. The van der Waals surface area contributed by atoms with Gasteiger partial charge in [-0.1, -0.05) is 0 Å². The van der Waals surface area contributed by atoms with Gasteiger partial charge in [0.1, 0.15) is 6.33 Å². The summed E-state index contributed by atoms with van der Waals surface area (Å²) in [6, 6.07) is 0.0733. The fourth-order valence-corrected chi connectivity index (χ4v) is 1.90. The minimum absolute atomic E-state index is 0.0733. The van der Waals surface area contributed by atoms with E-state index in [0.29, 0.717) is 30.3 Å². The van der Waals surface area contributed by atoms with Crippen molar-refractivity contribution in [2.24, 2.45) is 7.05 Å². The molecule has 0 unspecified atom stereocenters. The van der Waals surface area contributed by atoms with Crippen molar-refractivity contribution in [1.29, 1.82) is 0 Å². The van der Waals surface area contributed by atoms with Crippen LogP contribution in [0.2, 0.25) is 0 Å². The summed E-state index contributed by atoms with van der Waals surface area (Å²) in [6.45, 7) is 5.10. The lowest BCUT2D eigenvalue weighted by Crippen LogP contribution is -2.23. The lowest BCUT2D eigenvalue weighted by atomic mass is 10.4. The number of aryl methyl sites for hydroxylation is 1. The summed E-state index contributed by atoms with van der Waals surface area (Å²) >= 11 is 0. The number of ether oxygens (including phenoxy) is 1. The van der Waals surface area contributed by atoms with E-state index in [9.17, 15) is 4.79 Å². The van der Waals surface area contributed by atoms with Crippen LogP contribution >= 0.6 is 0 Å². The number of fused-ring (bicyclic) bond motifs is 1. The number of aromatic nitrogens is 4. The Labute approximate surface area is 111 Å². The maximum Gasteiger partial charge on any atom is 0.279 e. The summed E-state index contributed by atoms with van der Waals surface area (Å²) in [7, 11) is 3.44. The molecule has 2 rings (SSSR count). The lowest BCUT2D eigenvalue weighted by molar-refractivity contribution is 0.210. The summed E-state index contributed by atoms with van der Waals surface area (Å²) in [6.07, 6.45) is 1.54. The van der Waals surface area contributed by atoms with Crippen LogP contribution < -0.4 is 10.9 Å². The Kier molecular flexibility index (Phi) is 3.84. The van der Waals surface area contributed by atoms with Crippen LogP contribution in [0.3, 0.4) is 0 Å². The van der Waals surface area contributed by atoms with Gasteiger partial charge in [0.25, 0.3) is 5.56 Å². The average molecular weight is 265 g/mol. The molecule has 2 heterocycles. The molecule has 0 saturated heterocycles. The van der Waals surface area contributed by atoms with E-state index in [2.05, 4.69) is 15.3 Å². The molecule has 2 aromatic rings. The van der Waals surface area contributed by atoms with Crippen LogP contribution in [0.25, 0.3) is 11.2 Å². The number of nitrogens with one attached hydrogen (secondary N) is 1. The Morgan fingerprint density at radius 2 is 2.21 bits per heavy atom. The molecule has 7 heteroatoms. The van der Waals surface area contributed by atoms with Crippen LogP contribution in [-0.2, 0) is 11.8 Å². The number of nitrogens with zero attached hydrogens (tertiary/aromatic N) is 4. The monoisotopic (exact) mass is 265 g/mol. The van der Waals surface area contributed by atoms with Gasteiger partial charge in [-0.15, -0.1) is 0 Å². The van der Waals surface area contributed by atoms with E-state index in [-0.39, 0.29) is 11.6 Å². The normalized spacial score (nSPS) is 11.4. The summed E-state index contributed by atoms with van der Waals surface area (Å²) in [5.74, 6) is 0.623. The van der Waals surface area contributed by atoms with Gasteiger partial charge in [0.05, 0.1) is 6.61 Å². The number of hydrogen-bond acceptors (Lipinski definition) is 5. The van der Waals surface area contributed by atoms with Gasteiger partial charge in [-0.3, -0.25) is 9.36 Å². The summed E-state index contributed by atoms with van der Waals surface area (Å²) < 4.78 is 8.31. The number of hydrogen-bond donors (Lipinski definition) is 1. The molecular formula is C12H19N5O2. The first-order valence-corrected chi connectivity index (χ1v) is 6.22. The van der Waals surface area contributed by atoms with E-state index < -0.39 is 0 Å². The molecule has 0 radical (unpaired) electrons. The average Bonchev–Trinajstić information content (AvgIpc) is 2.67. The van der Waals surface area contributed by atoms with Gasteiger partial charge in [0.2, 0.25) is 5.95 Å². The van der Waals surface area contributed by atoms with E-state index in [1.54, 1.807) is 29.6 Å². The quantitative estimate of drug-likeness (QED) is 0.808. The zero-order valence-corrected chi connectivity index (χ0v) is 11.7. The summed E-state index contributed by atoms with van der Waals surface area (Å²) in [4.78, 5) is 20.9. The van der Waals surface area contributed by atoms with Crippen LogP contribution in [0.5, 0.6) is 0 Å². The Morgan fingerprint density at radius 1 is 1.47 bits per heavy atom. The van der Waals surface area contributed by atoms with E-state index >= 15 is 0 Å². The predicted molar refractivity (Wildman–Crippen MR) is 73.5 cm³/mol. The van der Waals surface area contributed by atoms with Crippen molar-refractivity contribution < 1.29 is 4.74 Å². The molecule has 0 amide bonds. The molecule has 0 spiro atoms. The number of anilines is 1. The largest absolute Gasteiger partial charge is 0.383 e. The number of methoxy groups -OCH3 is 1. The molecule has 2 aromatic heterocycles. The molecule has 0 saturated carbocycles. The molecule has 0 atom stereocenters. The molecule has 0 aliphatic rings. The highest BCUT2D eigenvalue weighted by Gasteiger charge is 2.14. The van der Waals surface area contributed by atoms with Gasteiger partial charge in [-0.25, -0.2) is 4.98 Å². The molecule has 19 heavy (non-hydrogen) atoms. The number of imidazole rings is 1. The first kappa shape index (κ1) is 13.5. The molecule has 0 aliphatic heterocycles. The van der Waals surface area contributed by atoms with Gasteiger partial charge in [-0.2, -0.15) is 4.98 Å². The molecule has 0 bridgehead atoms. The maximum absolute atomic E-state index is 12.3. The van der Waals surface area contributed by atoms with Crippen molar-refractivity contribution in [3.05, 3.63) is 16.7 Å². The van der Waals surface area contributed by atoms with E-state index in [4.69, 9.17) is 4.74 Å². The minimum Gasteiger partial charge on any atom is -0.383 e. The molecule has 0 fully saturated rings. The van der Waals surface area contributed by atoms with E-state index in [1.165, 1.54) is 0 Å². The van der Waals surface area contributed by atoms with Crippen molar-refractivity contribution >= 4 is 17.1 Å². The number of rotatable bonds is 5. The highest BCUT2D eigenvalue weighted by Crippen LogP contribution is 2.13. The standard InChI is InChI=1S/C12H19N5O2/c1-8(2)17-7-14-10-9(11(17)18)16(3)12(15-10)13-5-6-19-4/h7-8H,5-6H2,1-4H3,(H,13,15). The van der Waals surface area contributed by atoms with Crippen molar-refractivity contribution in [1.82, 2.24) is 19.1 Å². The third kappa shape index (κ3) is 2.46. The minimum atomic E-state index is -0.0743. The van der Waals surface area contributed by atoms with Crippen LogP contribution in [0.15, 0.2) is 11.1 Å². The van der Waals surface area contributed by atoms with Crippen LogP contribution in [0, 0.1) is 0 Å². The molecule has 0 aliphatic carbocycles. The van der Waals surface area contributed by atoms with Crippen LogP contribution in [-0.4, -0.2) is 39.4 Å². The molecule has 1 N–H and O–H groups in total. The Bertz CT molecular complexity index is 629. The molecular weight excluding hydrogens is 246 g/mol. The zero-order chi connectivity index (χ0) is 14.0. The fraction of sp³-hybridized carbons (Fsp3) is 0.583. The second-order valence-corrected chi connectivity index (χ2v) is 4.64. The van der Waals surface area contributed by atoms with Crippen molar-refractivity contribution in [3.8, 4) is 0 Å². The van der Waals surface area contributed by atoms with E-state index in [1.807, 2.05) is 13.8 Å². The zero-order valence-electron chi connectivity index (χ0n) is 11.7. The highest BCUT2D eigenvalue weighted by atomic mass is 16.5. The molecule has 0 aromatic carbocycles. The van der Waals surface area contributed by atoms with Crippen LogP contribution in [0.1, 0.15) is 19.9 Å². The maximum atomic E-state index is 12.3. The highest BCUT2D eigenvalue weighted by molar-refractivity contribution is 5.73. The predicted octanol–water partition coefficient (Wildman–Crippen LogP) is 0.769. The summed E-state index contributed by atoms with van der Waals surface area (Å²) in [5.41, 5.74) is 0.898.